The lowest BCUT2D eigenvalue weighted by molar-refractivity contribution is 0.0682. The van der Waals surface area contributed by atoms with Crippen LogP contribution in [0.5, 0.6) is 0 Å². The van der Waals surface area contributed by atoms with Crippen molar-refractivity contribution in [3.8, 4) is 11.4 Å². The zero-order valence-corrected chi connectivity index (χ0v) is 15.8. The summed E-state index contributed by atoms with van der Waals surface area (Å²) in [6.07, 6.45) is 3.69. The average Bonchev–Trinajstić information content (AvgIpc) is 3.37. The topological polar surface area (TPSA) is 94.9 Å². The summed E-state index contributed by atoms with van der Waals surface area (Å²) >= 11 is 0. The van der Waals surface area contributed by atoms with Gasteiger partial charge in [0, 0.05) is 32.3 Å². The Morgan fingerprint density at radius 2 is 2.14 bits per heavy atom. The molecule has 1 aromatic carbocycles. The number of benzene rings is 1. The molecule has 1 amide bonds. The number of oxazole rings is 1. The Kier molecular flexibility index (Phi) is 3.58. The lowest BCUT2D eigenvalue weighted by Gasteiger charge is -2.32. The molecule has 9 heteroatoms. The first-order chi connectivity index (χ1) is 13.5. The van der Waals surface area contributed by atoms with Crippen molar-refractivity contribution in [2.24, 2.45) is 7.05 Å². The standard InChI is InChI=1S/C19H19N7O2/c1-11-8-25(19(27)13-4-5-15-16(6-13)28-12(2)21-15)10-17-22-23-18(26(11)17)14-7-20-24(3)9-14/h4-7,9,11H,8,10H2,1-3H3/t11-/m0/s1. The first-order valence-corrected chi connectivity index (χ1v) is 9.09. The van der Waals surface area contributed by atoms with E-state index in [1.807, 2.05) is 19.3 Å². The van der Waals surface area contributed by atoms with Crippen LogP contribution in [0.2, 0.25) is 0 Å². The predicted molar refractivity (Wildman–Crippen MR) is 100 cm³/mol. The van der Waals surface area contributed by atoms with E-state index >= 15 is 0 Å². The van der Waals surface area contributed by atoms with Gasteiger partial charge in [-0.15, -0.1) is 10.2 Å². The predicted octanol–water partition coefficient (Wildman–Crippen LogP) is 2.35. The van der Waals surface area contributed by atoms with Crippen LogP contribution in [0.25, 0.3) is 22.5 Å². The molecule has 0 saturated heterocycles. The lowest BCUT2D eigenvalue weighted by Crippen LogP contribution is -2.40. The van der Waals surface area contributed by atoms with E-state index in [1.165, 1.54) is 0 Å². The average molecular weight is 377 g/mol. The number of aromatic nitrogens is 6. The van der Waals surface area contributed by atoms with E-state index in [0.717, 1.165) is 22.7 Å². The first-order valence-electron chi connectivity index (χ1n) is 9.09. The highest BCUT2D eigenvalue weighted by Gasteiger charge is 2.30. The fourth-order valence-electron chi connectivity index (χ4n) is 3.77. The molecule has 0 aliphatic carbocycles. The Labute approximate surface area is 160 Å². The van der Waals surface area contributed by atoms with Gasteiger partial charge >= 0.3 is 0 Å². The molecule has 4 heterocycles. The smallest absolute Gasteiger partial charge is 0.254 e. The third kappa shape index (κ3) is 2.58. The molecule has 5 rings (SSSR count). The second-order valence-electron chi connectivity index (χ2n) is 7.16. The van der Waals surface area contributed by atoms with Gasteiger partial charge in [0.1, 0.15) is 5.52 Å². The summed E-state index contributed by atoms with van der Waals surface area (Å²) < 4.78 is 9.39. The zero-order chi connectivity index (χ0) is 19.4. The van der Waals surface area contributed by atoms with Gasteiger partial charge in [-0.25, -0.2) is 4.98 Å². The van der Waals surface area contributed by atoms with E-state index in [0.29, 0.717) is 30.1 Å². The van der Waals surface area contributed by atoms with Crippen molar-refractivity contribution in [2.45, 2.75) is 26.4 Å². The van der Waals surface area contributed by atoms with Crippen LogP contribution in [0.4, 0.5) is 0 Å². The van der Waals surface area contributed by atoms with Crippen LogP contribution in [0.15, 0.2) is 35.0 Å². The summed E-state index contributed by atoms with van der Waals surface area (Å²) in [7, 11) is 1.87. The number of hydrogen-bond acceptors (Lipinski definition) is 6. The Bertz CT molecular complexity index is 1200. The number of nitrogens with zero attached hydrogens (tertiary/aromatic N) is 7. The number of carbonyl (C=O) groups excluding carboxylic acids is 1. The fraction of sp³-hybridized carbons (Fsp3) is 0.316. The van der Waals surface area contributed by atoms with Crippen molar-refractivity contribution in [3.63, 3.8) is 0 Å². The minimum atomic E-state index is -0.0556. The van der Waals surface area contributed by atoms with Crippen molar-refractivity contribution in [1.82, 2.24) is 34.4 Å². The van der Waals surface area contributed by atoms with Crippen LogP contribution in [-0.4, -0.2) is 46.9 Å². The van der Waals surface area contributed by atoms with Crippen LogP contribution in [0.3, 0.4) is 0 Å². The summed E-state index contributed by atoms with van der Waals surface area (Å²) in [5, 5.41) is 12.9. The molecule has 1 aliphatic rings. The van der Waals surface area contributed by atoms with Crippen LogP contribution in [0, 0.1) is 6.92 Å². The van der Waals surface area contributed by atoms with Crippen LogP contribution >= 0.6 is 0 Å². The van der Waals surface area contributed by atoms with Gasteiger partial charge in [0.25, 0.3) is 5.91 Å². The number of fused-ring (bicyclic) bond motifs is 2. The van der Waals surface area contributed by atoms with Gasteiger partial charge in [0.05, 0.1) is 24.3 Å². The third-order valence-corrected chi connectivity index (χ3v) is 5.02. The second-order valence-corrected chi connectivity index (χ2v) is 7.16. The maximum absolute atomic E-state index is 13.1. The van der Waals surface area contributed by atoms with Crippen LogP contribution < -0.4 is 0 Å². The molecule has 1 aliphatic heterocycles. The molecule has 9 nitrogen and oxygen atoms in total. The summed E-state index contributed by atoms with van der Waals surface area (Å²) in [5.74, 6) is 2.08. The fourth-order valence-corrected chi connectivity index (χ4v) is 3.77. The SMILES string of the molecule is Cc1nc2ccc(C(=O)N3Cc4nnc(-c5cnn(C)c5)n4[C@@H](C)C3)cc2o1. The molecule has 0 spiro atoms. The maximum Gasteiger partial charge on any atom is 0.254 e. The van der Waals surface area contributed by atoms with Crippen molar-refractivity contribution in [1.29, 1.82) is 0 Å². The summed E-state index contributed by atoms with van der Waals surface area (Å²) in [6.45, 7) is 4.84. The minimum absolute atomic E-state index is 0.0501. The molecule has 0 N–H and O–H groups in total. The molecule has 0 fully saturated rings. The summed E-state index contributed by atoms with van der Waals surface area (Å²) in [4.78, 5) is 19.2. The van der Waals surface area contributed by atoms with Crippen molar-refractivity contribution >= 4 is 17.0 Å². The maximum atomic E-state index is 13.1. The first kappa shape index (κ1) is 16.7. The van der Waals surface area contributed by atoms with E-state index in [1.54, 1.807) is 34.8 Å². The highest BCUT2D eigenvalue weighted by atomic mass is 16.3. The van der Waals surface area contributed by atoms with Crippen LogP contribution in [0.1, 0.15) is 35.0 Å². The molecule has 0 radical (unpaired) electrons. The Balaban J connectivity index is 1.45. The van der Waals surface area contributed by atoms with Gasteiger partial charge in [0.2, 0.25) is 0 Å². The van der Waals surface area contributed by atoms with Gasteiger partial charge in [0.15, 0.2) is 23.1 Å². The summed E-state index contributed by atoms with van der Waals surface area (Å²) in [5.41, 5.74) is 2.87. The number of carbonyl (C=O) groups is 1. The normalized spacial score (nSPS) is 16.5. The third-order valence-electron chi connectivity index (χ3n) is 5.02. The Hall–Kier alpha value is -3.49. The van der Waals surface area contributed by atoms with Gasteiger partial charge in [-0.1, -0.05) is 0 Å². The van der Waals surface area contributed by atoms with Crippen molar-refractivity contribution in [2.75, 3.05) is 6.54 Å². The second kappa shape index (κ2) is 6.01. The minimum Gasteiger partial charge on any atom is -0.441 e. The molecule has 1 atom stereocenters. The highest BCUT2D eigenvalue weighted by Crippen LogP contribution is 2.28. The molecule has 3 aromatic heterocycles. The highest BCUT2D eigenvalue weighted by molar-refractivity contribution is 5.97. The molecule has 142 valence electrons. The summed E-state index contributed by atoms with van der Waals surface area (Å²) in [6, 6.07) is 5.41. The zero-order valence-electron chi connectivity index (χ0n) is 15.8. The van der Waals surface area contributed by atoms with Gasteiger partial charge in [-0.05, 0) is 25.1 Å². The molecule has 0 unspecified atom stereocenters. The molecule has 28 heavy (non-hydrogen) atoms. The molecular weight excluding hydrogens is 358 g/mol. The van der Waals surface area contributed by atoms with Crippen molar-refractivity contribution in [3.05, 3.63) is 47.9 Å². The van der Waals surface area contributed by atoms with Gasteiger partial charge in [-0.2, -0.15) is 5.10 Å². The molecule has 0 bridgehead atoms. The van der Waals surface area contributed by atoms with Gasteiger partial charge in [-0.3, -0.25) is 9.48 Å². The monoisotopic (exact) mass is 377 g/mol. The van der Waals surface area contributed by atoms with Crippen molar-refractivity contribution < 1.29 is 9.21 Å². The Morgan fingerprint density at radius 3 is 2.93 bits per heavy atom. The Morgan fingerprint density at radius 1 is 1.29 bits per heavy atom. The quantitative estimate of drug-likeness (QED) is 0.532. The van der Waals surface area contributed by atoms with E-state index in [9.17, 15) is 4.79 Å². The van der Waals surface area contributed by atoms with E-state index < -0.39 is 0 Å². The molecular formula is C19H19N7O2. The number of rotatable bonds is 2. The molecule has 4 aromatic rings. The number of aryl methyl sites for hydroxylation is 2. The molecule has 0 saturated carbocycles. The van der Waals surface area contributed by atoms with E-state index in [4.69, 9.17) is 4.42 Å². The van der Waals surface area contributed by atoms with Crippen LogP contribution in [-0.2, 0) is 13.6 Å². The number of amides is 1. The lowest BCUT2D eigenvalue weighted by atomic mass is 10.1. The number of hydrogen-bond donors (Lipinski definition) is 0. The van der Waals surface area contributed by atoms with E-state index in [2.05, 4.69) is 31.8 Å². The van der Waals surface area contributed by atoms with Gasteiger partial charge < -0.3 is 13.9 Å². The van der Waals surface area contributed by atoms with E-state index in [-0.39, 0.29) is 11.9 Å². The largest absolute Gasteiger partial charge is 0.441 e.